The zero-order chi connectivity index (χ0) is 16.5. The van der Waals surface area contributed by atoms with Crippen LogP contribution in [-0.2, 0) is 11.3 Å². The summed E-state index contributed by atoms with van der Waals surface area (Å²) in [5.74, 6) is 0.814. The first-order valence-electron chi connectivity index (χ1n) is 7.31. The van der Waals surface area contributed by atoms with Gasteiger partial charge in [0.2, 0.25) is 0 Å². The van der Waals surface area contributed by atoms with Gasteiger partial charge in [-0.25, -0.2) is 9.79 Å². The van der Waals surface area contributed by atoms with Crippen molar-refractivity contribution < 1.29 is 14.3 Å². The summed E-state index contributed by atoms with van der Waals surface area (Å²) in [6.45, 7) is 7.36. The maximum atomic E-state index is 11.8. The molecule has 0 unspecified atom stereocenters. The van der Waals surface area contributed by atoms with E-state index in [9.17, 15) is 4.79 Å². The van der Waals surface area contributed by atoms with Gasteiger partial charge in [0.15, 0.2) is 5.96 Å². The number of nitrogens with zero attached hydrogens (tertiary/aromatic N) is 1. The summed E-state index contributed by atoms with van der Waals surface area (Å²) in [6, 6.07) is 5.67. The van der Waals surface area contributed by atoms with Crippen LogP contribution in [0.1, 0.15) is 36.7 Å². The normalized spacial score (nSPS) is 11.3. The summed E-state index contributed by atoms with van der Waals surface area (Å²) >= 11 is 0. The van der Waals surface area contributed by atoms with Gasteiger partial charge >= 0.3 is 5.97 Å². The molecular formula is C16H25N3O3. The van der Waals surface area contributed by atoms with Crippen LogP contribution in [0, 0.1) is 0 Å². The van der Waals surface area contributed by atoms with E-state index in [1.54, 1.807) is 12.1 Å². The van der Waals surface area contributed by atoms with Crippen LogP contribution in [0.3, 0.4) is 0 Å². The van der Waals surface area contributed by atoms with Crippen molar-refractivity contribution in [2.24, 2.45) is 4.99 Å². The van der Waals surface area contributed by atoms with E-state index < -0.39 is 5.97 Å². The number of carbonyl (C=O) groups excluding carboxylic acids is 1. The molecular weight excluding hydrogens is 282 g/mol. The number of aliphatic imine (C=N–C) groups is 1. The first-order valence-corrected chi connectivity index (χ1v) is 7.31. The van der Waals surface area contributed by atoms with E-state index in [-0.39, 0.29) is 0 Å². The summed E-state index contributed by atoms with van der Waals surface area (Å²) in [4.78, 5) is 16.3. The molecule has 6 heteroatoms. The third-order valence-electron chi connectivity index (χ3n) is 2.86. The summed E-state index contributed by atoms with van der Waals surface area (Å²) in [6.07, 6.45) is 0. The van der Waals surface area contributed by atoms with Crippen LogP contribution >= 0.6 is 0 Å². The second-order valence-corrected chi connectivity index (χ2v) is 5.02. The van der Waals surface area contributed by atoms with Crippen LogP contribution in [0.15, 0.2) is 23.2 Å². The van der Waals surface area contributed by atoms with Crippen molar-refractivity contribution in [1.29, 1.82) is 0 Å². The van der Waals surface area contributed by atoms with E-state index in [0.717, 1.165) is 18.1 Å². The van der Waals surface area contributed by atoms with Crippen molar-refractivity contribution in [3.63, 3.8) is 0 Å². The van der Waals surface area contributed by atoms with Crippen LogP contribution in [-0.4, -0.2) is 38.7 Å². The number of hydrogen-bond acceptors (Lipinski definition) is 4. The fraction of sp³-hybridized carbons (Fsp3) is 0.500. The van der Waals surface area contributed by atoms with Crippen LogP contribution in [0.4, 0.5) is 0 Å². The minimum atomic E-state index is -0.421. The molecule has 0 fully saturated rings. The standard InChI is InChI=1S/C16H25N3O3/c1-6-17-16(19-11(2)3)18-10-12-7-8-14(21-4)13(9-12)15(20)22-5/h7-9,11H,6,10H2,1-5H3,(H2,17,18,19). The number of carbonyl (C=O) groups is 1. The number of benzene rings is 1. The average molecular weight is 307 g/mol. The molecule has 22 heavy (non-hydrogen) atoms. The van der Waals surface area contributed by atoms with Crippen molar-refractivity contribution in [3.05, 3.63) is 29.3 Å². The molecule has 0 radical (unpaired) electrons. The Morgan fingerprint density at radius 3 is 2.59 bits per heavy atom. The van der Waals surface area contributed by atoms with Gasteiger partial charge in [-0.1, -0.05) is 6.07 Å². The Morgan fingerprint density at radius 2 is 2.05 bits per heavy atom. The molecule has 2 N–H and O–H groups in total. The molecule has 0 atom stereocenters. The Kier molecular flexibility index (Phi) is 7.22. The largest absolute Gasteiger partial charge is 0.496 e. The lowest BCUT2D eigenvalue weighted by Gasteiger charge is -2.14. The predicted octanol–water partition coefficient (Wildman–Crippen LogP) is 1.95. The van der Waals surface area contributed by atoms with E-state index in [4.69, 9.17) is 9.47 Å². The predicted molar refractivity (Wildman–Crippen MR) is 87.4 cm³/mol. The molecule has 0 aromatic heterocycles. The number of esters is 1. The van der Waals surface area contributed by atoms with Gasteiger partial charge in [-0.3, -0.25) is 0 Å². The molecule has 0 amide bonds. The van der Waals surface area contributed by atoms with Crippen LogP contribution < -0.4 is 15.4 Å². The van der Waals surface area contributed by atoms with Gasteiger partial charge in [-0.15, -0.1) is 0 Å². The second-order valence-electron chi connectivity index (χ2n) is 5.02. The van der Waals surface area contributed by atoms with E-state index in [2.05, 4.69) is 29.5 Å². The van der Waals surface area contributed by atoms with E-state index in [1.807, 2.05) is 13.0 Å². The Bertz CT molecular complexity index is 527. The topological polar surface area (TPSA) is 72.0 Å². The Hall–Kier alpha value is -2.24. The van der Waals surface area contributed by atoms with Crippen molar-refractivity contribution in [2.75, 3.05) is 20.8 Å². The van der Waals surface area contributed by atoms with Gasteiger partial charge in [0.1, 0.15) is 11.3 Å². The molecule has 0 heterocycles. The molecule has 0 spiro atoms. The summed E-state index contributed by atoms with van der Waals surface area (Å²) in [5, 5.41) is 6.42. The number of ether oxygens (including phenoxy) is 2. The highest BCUT2D eigenvalue weighted by Crippen LogP contribution is 2.21. The van der Waals surface area contributed by atoms with E-state index >= 15 is 0 Å². The van der Waals surface area contributed by atoms with Crippen LogP contribution in [0.25, 0.3) is 0 Å². The molecule has 1 aromatic carbocycles. The van der Waals surface area contributed by atoms with Gasteiger partial charge < -0.3 is 20.1 Å². The second kappa shape index (κ2) is 8.92. The lowest BCUT2D eigenvalue weighted by atomic mass is 10.1. The van der Waals surface area contributed by atoms with E-state index in [1.165, 1.54) is 14.2 Å². The smallest absolute Gasteiger partial charge is 0.341 e. The molecule has 122 valence electrons. The number of methoxy groups -OCH3 is 2. The molecule has 0 aliphatic carbocycles. The maximum Gasteiger partial charge on any atom is 0.341 e. The van der Waals surface area contributed by atoms with Gasteiger partial charge in [-0.05, 0) is 38.5 Å². The molecule has 0 saturated heterocycles. The fourth-order valence-corrected chi connectivity index (χ4v) is 1.89. The molecule has 6 nitrogen and oxygen atoms in total. The quantitative estimate of drug-likeness (QED) is 0.477. The Morgan fingerprint density at radius 1 is 1.32 bits per heavy atom. The third kappa shape index (κ3) is 5.27. The summed E-state index contributed by atoms with van der Waals surface area (Å²) < 4.78 is 9.95. The summed E-state index contributed by atoms with van der Waals surface area (Å²) in [5.41, 5.74) is 1.31. The highest BCUT2D eigenvalue weighted by Gasteiger charge is 2.13. The molecule has 0 bridgehead atoms. The first-order chi connectivity index (χ1) is 10.5. The zero-order valence-corrected chi connectivity index (χ0v) is 13.9. The molecule has 0 saturated carbocycles. The molecule has 0 aliphatic heterocycles. The van der Waals surface area contributed by atoms with Crippen molar-refractivity contribution in [2.45, 2.75) is 33.4 Å². The molecule has 1 rings (SSSR count). The lowest BCUT2D eigenvalue weighted by Crippen LogP contribution is -2.41. The highest BCUT2D eigenvalue weighted by atomic mass is 16.5. The Balaban J connectivity index is 2.94. The maximum absolute atomic E-state index is 11.8. The Labute approximate surface area is 131 Å². The number of nitrogens with one attached hydrogen (secondary N) is 2. The fourth-order valence-electron chi connectivity index (χ4n) is 1.89. The monoisotopic (exact) mass is 307 g/mol. The average Bonchev–Trinajstić information content (AvgIpc) is 2.51. The van der Waals surface area contributed by atoms with E-state index in [0.29, 0.717) is 23.9 Å². The first kappa shape index (κ1) is 17.8. The van der Waals surface area contributed by atoms with Crippen molar-refractivity contribution in [3.8, 4) is 5.75 Å². The highest BCUT2D eigenvalue weighted by molar-refractivity contribution is 5.92. The van der Waals surface area contributed by atoms with Crippen LogP contribution in [0.5, 0.6) is 5.75 Å². The number of hydrogen-bond donors (Lipinski definition) is 2. The third-order valence-corrected chi connectivity index (χ3v) is 2.86. The number of guanidine groups is 1. The minimum absolute atomic E-state index is 0.291. The van der Waals surface area contributed by atoms with Gasteiger partial charge in [0.25, 0.3) is 0 Å². The number of rotatable bonds is 6. The van der Waals surface area contributed by atoms with Gasteiger partial charge in [-0.2, -0.15) is 0 Å². The lowest BCUT2D eigenvalue weighted by molar-refractivity contribution is 0.0597. The van der Waals surface area contributed by atoms with Gasteiger partial charge in [0, 0.05) is 12.6 Å². The zero-order valence-electron chi connectivity index (χ0n) is 13.9. The van der Waals surface area contributed by atoms with Crippen LogP contribution in [0.2, 0.25) is 0 Å². The minimum Gasteiger partial charge on any atom is -0.496 e. The molecule has 0 aliphatic rings. The van der Waals surface area contributed by atoms with Crippen molar-refractivity contribution in [1.82, 2.24) is 10.6 Å². The van der Waals surface area contributed by atoms with Crippen molar-refractivity contribution >= 4 is 11.9 Å². The SMILES string of the molecule is CCNC(=NCc1ccc(OC)c(C(=O)OC)c1)NC(C)C. The molecule has 1 aromatic rings. The van der Waals surface area contributed by atoms with Gasteiger partial charge in [0.05, 0.1) is 20.8 Å². The summed E-state index contributed by atoms with van der Waals surface area (Å²) in [7, 11) is 2.87.